The minimum Gasteiger partial charge on any atom is -0.507 e. The molecule has 4 aromatic rings. The second-order valence-electron chi connectivity index (χ2n) is 9.15. The summed E-state index contributed by atoms with van der Waals surface area (Å²) in [5, 5.41) is 21.0. The minimum atomic E-state index is -0.167. The second kappa shape index (κ2) is 10.6. The molecule has 190 valence electrons. The lowest BCUT2D eigenvalue weighted by Gasteiger charge is -2.32. The van der Waals surface area contributed by atoms with Crippen LogP contribution in [-0.2, 0) is 4.79 Å². The van der Waals surface area contributed by atoms with E-state index in [2.05, 4.69) is 36.6 Å². The molecule has 3 heterocycles. The maximum absolute atomic E-state index is 13.0. The van der Waals surface area contributed by atoms with Gasteiger partial charge in [-0.25, -0.2) is 4.98 Å². The number of piperidine rings is 1. The Bertz CT molecular complexity index is 1460. The van der Waals surface area contributed by atoms with Crippen molar-refractivity contribution in [2.75, 3.05) is 30.3 Å². The number of carbonyl (C=O) groups excluding carboxylic acids is 2. The lowest BCUT2D eigenvalue weighted by molar-refractivity contribution is -0.114. The molecule has 10 heteroatoms. The van der Waals surface area contributed by atoms with Gasteiger partial charge in [-0.15, -0.1) is 0 Å². The number of nitrogens with one attached hydrogen (secondary N) is 2. The van der Waals surface area contributed by atoms with Crippen LogP contribution in [0.15, 0.2) is 65.3 Å². The first kappa shape index (κ1) is 24.8. The Morgan fingerprint density at radius 1 is 1.11 bits per heavy atom. The summed E-state index contributed by atoms with van der Waals surface area (Å²) in [7, 11) is 0. The highest BCUT2D eigenvalue weighted by Crippen LogP contribution is 2.31. The summed E-state index contributed by atoms with van der Waals surface area (Å²) in [6, 6.07) is 16.1. The Labute approximate surface area is 222 Å². The van der Waals surface area contributed by atoms with Gasteiger partial charge in [0.25, 0.3) is 5.91 Å². The average molecular weight is 563 g/mol. The zero-order valence-corrected chi connectivity index (χ0v) is 21.9. The highest BCUT2D eigenvalue weighted by molar-refractivity contribution is 9.10. The molecule has 1 saturated heterocycles. The van der Waals surface area contributed by atoms with Gasteiger partial charge in [0.2, 0.25) is 5.91 Å². The van der Waals surface area contributed by atoms with Gasteiger partial charge in [-0.2, -0.15) is 9.61 Å². The second-order valence-corrected chi connectivity index (χ2v) is 10.0. The third-order valence-electron chi connectivity index (χ3n) is 6.51. The molecule has 2 amide bonds. The Morgan fingerprint density at radius 3 is 2.65 bits per heavy atom. The maximum Gasteiger partial charge on any atom is 0.253 e. The molecule has 37 heavy (non-hydrogen) atoms. The Morgan fingerprint density at radius 2 is 1.89 bits per heavy atom. The fourth-order valence-corrected chi connectivity index (χ4v) is 4.94. The predicted octanol–water partition coefficient (Wildman–Crippen LogP) is 4.79. The van der Waals surface area contributed by atoms with E-state index in [0.717, 1.165) is 29.7 Å². The molecule has 0 bridgehead atoms. The number of carbonyl (C=O) groups is 2. The smallest absolute Gasteiger partial charge is 0.253 e. The van der Waals surface area contributed by atoms with Crippen LogP contribution in [0.1, 0.15) is 30.1 Å². The van der Waals surface area contributed by atoms with Crippen LogP contribution < -0.4 is 10.6 Å². The first-order chi connectivity index (χ1) is 17.9. The van der Waals surface area contributed by atoms with Gasteiger partial charge in [0.1, 0.15) is 11.6 Å². The number of nitrogens with zero attached hydrogens (tertiary/aromatic N) is 4. The van der Waals surface area contributed by atoms with Crippen LogP contribution in [0.3, 0.4) is 0 Å². The number of anilines is 2. The number of likely N-dealkylation sites (tertiary alicyclic amines) is 1. The fourth-order valence-electron chi connectivity index (χ4n) is 4.60. The van der Waals surface area contributed by atoms with E-state index in [-0.39, 0.29) is 17.6 Å². The van der Waals surface area contributed by atoms with E-state index in [9.17, 15) is 14.7 Å². The van der Waals surface area contributed by atoms with Gasteiger partial charge in [0, 0.05) is 49.4 Å². The quantitative estimate of drug-likeness (QED) is 0.311. The van der Waals surface area contributed by atoms with Gasteiger partial charge in [0.15, 0.2) is 5.65 Å². The number of halogens is 1. The number of phenols is 1. The van der Waals surface area contributed by atoms with Gasteiger partial charge >= 0.3 is 0 Å². The first-order valence-electron chi connectivity index (χ1n) is 12.1. The van der Waals surface area contributed by atoms with Crippen molar-refractivity contribution in [2.45, 2.75) is 19.8 Å². The molecule has 0 unspecified atom stereocenters. The topological polar surface area (TPSA) is 112 Å². The lowest BCUT2D eigenvalue weighted by atomic mass is 9.96. The van der Waals surface area contributed by atoms with Crippen LogP contribution in [0.25, 0.3) is 16.9 Å². The van der Waals surface area contributed by atoms with Crippen molar-refractivity contribution >= 4 is 44.9 Å². The SMILES string of the molecule is CC(=O)Nc1cccc(C(=O)N2CCC(CNc3cc(-c4ccccc4O)nc4c(Br)cnn34)CC2)c1. The molecular weight excluding hydrogens is 536 g/mol. The third-order valence-corrected chi connectivity index (χ3v) is 7.07. The zero-order chi connectivity index (χ0) is 25.9. The first-order valence-corrected chi connectivity index (χ1v) is 12.9. The van der Waals surface area contributed by atoms with Crippen LogP contribution in [0.5, 0.6) is 5.75 Å². The third kappa shape index (κ3) is 5.43. The van der Waals surface area contributed by atoms with Crippen molar-refractivity contribution < 1.29 is 14.7 Å². The summed E-state index contributed by atoms with van der Waals surface area (Å²) < 4.78 is 2.51. The molecule has 1 aliphatic heterocycles. The molecule has 5 rings (SSSR count). The summed E-state index contributed by atoms with van der Waals surface area (Å²) in [6.45, 7) is 3.49. The van der Waals surface area contributed by atoms with Crippen molar-refractivity contribution in [3.8, 4) is 17.0 Å². The Hall–Kier alpha value is -3.92. The predicted molar refractivity (Wildman–Crippen MR) is 146 cm³/mol. The van der Waals surface area contributed by atoms with Crippen LogP contribution in [0, 0.1) is 5.92 Å². The molecule has 1 fully saturated rings. The number of hydrogen-bond donors (Lipinski definition) is 3. The summed E-state index contributed by atoms with van der Waals surface area (Å²) in [5.41, 5.74) is 3.15. The van der Waals surface area contributed by atoms with Crippen LogP contribution in [0.2, 0.25) is 0 Å². The molecule has 0 atom stereocenters. The number of benzene rings is 2. The van der Waals surface area contributed by atoms with E-state index in [1.165, 1.54) is 6.92 Å². The van der Waals surface area contributed by atoms with Crippen LogP contribution in [0.4, 0.5) is 11.5 Å². The molecule has 2 aromatic carbocycles. The van der Waals surface area contributed by atoms with E-state index in [1.807, 2.05) is 23.1 Å². The zero-order valence-electron chi connectivity index (χ0n) is 20.3. The number of phenolic OH excluding ortho intramolecular Hbond substituents is 1. The molecule has 0 saturated carbocycles. The normalized spacial score (nSPS) is 14.1. The standard InChI is InChI=1S/C27H27BrN6O3/c1-17(35)31-20-6-4-5-19(13-20)27(37)33-11-9-18(10-12-33)15-29-25-14-23(21-7-2-3-8-24(21)36)32-26-22(28)16-30-34(25)26/h2-8,13-14,16,18,29,36H,9-12,15H2,1H3,(H,31,35). The maximum atomic E-state index is 13.0. The molecule has 2 aromatic heterocycles. The Balaban J connectivity index is 1.25. The average Bonchev–Trinajstić information content (AvgIpc) is 3.28. The fraction of sp³-hybridized carbons (Fsp3) is 0.259. The monoisotopic (exact) mass is 562 g/mol. The molecule has 9 nitrogen and oxygen atoms in total. The molecule has 1 aliphatic rings. The number of aromatic nitrogens is 3. The van der Waals surface area contributed by atoms with Crippen molar-refractivity contribution in [3.05, 3.63) is 70.8 Å². The van der Waals surface area contributed by atoms with Gasteiger partial charge in [-0.3, -0.25) is 9.59 Å². The van der Waals surface area contributed by atoms with Crippen molar-refractivity contribution in [1.82, 2.24) is 19.5 Å². The molecule has 0 spiro atoms. The van der Waals surface area contributed by atoms with E-state index in [0.29, 0.717) is 47.2 Å². The number of rotatable bonds is 6. The highest BCUT2D eigenvalue weighted by atomic mass is 79.9. The largest absolute Gasteiger partial charge is 0.507 e. The number of para-hydroxylation sites is 1. The van der Waals surface area contributed by atoms with Crippen LogP contribution >= 0.6 is 15.9 Å². The van der Waals surface area contributed by atoms with Gasteiger partial charge < -0.3 is 20.6 Å². The molecular formula is C27H27BrN6O3. The van der Waals surface area contributed by atoms with E-state index >= 15 is 0 Å². The molecule has 0 aliphatic carbocycles. The highest BCUT2D eigenvalue weighted by Gasteiger charge is 2.24. The Kier molecular flexibility index (Phi) is 7.09. The van der Waals surface area contributed by atoms with Crippen molar-refractivity contribution in [1.29, 1.82) is 0 Å². The number of aromatic hydroxyl groups is 1. The number of amides is 2. The molecule has 0 radical (unpaired) electrons. The van der Waals surface area contributed by atoms with Crippen molar-refractivity contribution in [2.24, 2.45) is 5.92 Å². The summed E-state index contributed by atoms with van der Waals surface area (Å²) in [5.74, 6) is 1.14. The molecule has 3 N–H and O–H groups in total. The van der Waals surface area contributed by atoms with Gasteiger partial charge in [-0.1, -0.05) is 18.2 Å². The van der Waals surface area contributed by atoms with E-state index in [4.69, 9.17) is 0 Å². The lowest BCUT2D eigenvalue weighted by Crippen LogP contribution is -2.40. The van der Waals surface area contributed by atoms with E-state index < -0.39 is 0 Å². The van der Waals surface area contributed by atoms with Crippen molar-refractivity contribution in [3.63, 3.8) is 0 Å². The minimum absolute atomic E-state index is 0.0249. The summed E-state index contributed by atoms with van der Waals surface area (Å²) in [6.07, 6.45) is 3.44. The summed E-state index contributed by atoms with van der Waals surface area (Å²) >= 11 is 3.52. The van der Waals surface area contributed by atoms with E-state index in [1.54, 1.807) is 47.1 Å². The van der Waals surface area contributed by atoms with Gasteiger partial charge in [-0.05, 0) is 65.0 Å². The summed E-state index contributed by atoms with van der Waals surface area (Å²) in [4.78, 5) is 30.9. The number of hydrogen-bond acceptors (Lipinski definition) is 6. The van der Waals surface area contributed by atoms with Gasteiger partial charge in [0.05, 0.1) is 16.4 Å². The van der Waals surface area contributed by atoms with Crippen LogP contribution in [-0.4, -0.2) is 56.1 Å². The number of fused-ring (bicyclic) bond motifs is 1.